The Balaban J connectivity index is 1.41. The van der Waals surface area contributed by atoms with Gasteiger partial charge in [0.1, 0.15) is 0 Å². The molecular formula is C54H61BO2. The first-order valence-electron chi connectivity index (χ1n) is 21.9. The zero-order chi connectivity index (χ0) is 39.6. The molecule has 3 heteroatoms. The Labute approximate surface area is 343 Å². The van der Waals surface area contributed by atoms with Gasteiger partial charge in [-0.1, -0.05) is 186 Å². The van der Waals surface area contributed by atoms with E-state index in [-0.39, 0.29) is 5.92 Å². The molecule has 0 spiro atoms. The number of aryl methyl sites for hydroxylation is 2. The topological polar surface area (TPSA) is 18.5 Å². The van der Waals surface area contributed by atoms with E-state index in [1.165, 1.54) is 112 Å². The Bertz CT molecular complexity index is 2210. The Morgan fingerprint density at radius 3 is 1.67 bits per heavy atom. The average molecular weight is 753 g/mol. The monoisotopic (exact) mass is 752 g/mol. The molecule has 1 saturated heterocycles. The van der Waals surface area contributed by atoms with Gasteiger partial charge in [-0.15, -0.1) is 0 Å². The van der Waals surface area contributed by atoms with Crippen LogP contribution in [-0.2, 0) is 27.6 Å². The molecule has 6 aromatic rings. The van der Waals surface area contributed by atoms with Crippen molar-refractivity contribution in [2.75, 3.05) is 0 Å². The van der Waals surface area contributed by atoms with Crippen molar-refractivity contribution >= 4 is 23.4 Å². The zero-order valence-electron chi connectivity index (χ0n) is 35.2. The lowest BCUT2D eigenvalue weighted by molar-refractivity contribution is 0.00578. The third-order valence-electron chi connectivity index (χ3n) is 13.5. The first-order chi connectivity index (χ1) is 27.7. The lowest BCUT2D eigenvalue weighted by atomic mass is 9.55. The zero-order valence-corrected chi connectivity index (χ0v) is 35.2. The predicted octanol–water partition coefficient (Wildman–Crippen LogP) is 13.3. The van der Waals surface area contributed by atoms with Crippen molar-refractivity contribution in [2.45, 2.75) is 128 Å². The van der Waals surface area contributed by atoms with Crippen LogP contribution in [0.25, 0.3) is 10.8 Å². The molecule has 1 heterocycles. The molecule has 1 atom stereocenters. The highest BCUT2D eigenvalue weighted by Crippen LogP contribution is 2.57. The molecule has 292 valence electrons. The lowest BCUT2D eigenvalue weighted by Crippen LogP contribution is -2.41. The van der Waals surface area contributed by atoms with Crippen LogP contribution in [0.5, 0.6) is 0 Å². The van der Waals surface area contributed by atoms with E-state index in [0.717, 1.165) is 18.3 Å². The van der Waals surface area contributed by atoms with E-state index in [2.05, 4.69) is 175 Å². The maximum absolute atomic E-state index is 6.78. The van der Waals surface area contributed by atoms with Crippen molar-refractivity contribution in [3.63, 3.8) is 0 Å². The fourth-order valence-corrected chi connectivity index (χ4v) is 9.65. The summed E-state index contributed by atoms with van der Waals surface area (Å²) >= 11 is 0. The summed E-state index contributed by atoms with van der Waals surface area (Å²) < 4.78 is 13.6. The number of hydrogen-bond acceptors (Lipinski definition) is 2. The van der Waals surface area contributed by atoms with Gasteiger partial charge < -0.3 is 9.31 Å². The minimum absolute atomic E-state index is 0.0402. The molecule has 2 nitrogen and oxygen atoms in total. The summed E-state index contributed by atoms with van der Waals surface area (Å²) in [4.78, 5) is 0. The van der Waals surface area contributed by atoms with Gasteiger partial charge in [0.05, 0.1) is 16.6 Å². The summed E-state index contributed by atoms with van der Waals surface area (Å²) in [5, 5.41) is 2.59. The Kier molecular flexibility index (Phi) is 11.4. The molecule has 0 bridgehead atoms. The van der Waals surface area contributed by atoms with Gasteiger partial charge in [-0.25, -0.2) is 0 Å². The first-order valence-corrected chi connectivity index (χ1v) is 21.9. The number of benzene rings is 6. The van der Waals surface area contributed by atoms with Crippen molar-refractivity contribution in [2.24, 2.45) is 0 Å². The van der Waals surface area contributed by atoms with E-state index in [9.17, 15) is 0 Å². The molecule has 2 aliphatic rings. The smallest absolute Gasteiger partial charge is 0.399 e. The number of unbranched alkanes of at least 4 members (excludes halogenated alkanes) is 6. The van der Waals surface area contributed by atoms with Crippen LogP contribution >= 0.6 is 0 Å². The molecule has 0 radical (unpaired) electrons. The summed E-state index contributed by atoms with van der Waals surface area (Å²) in [5.41, 5.74) is 11.7. The van der Waals surface area contributed by atoms with Gasteiger partial charge in [0.25, 0.3) is 0 Å². The summed E-state index contributed by atoms with van der Waals surface area (Å²) in [5.74, 6) is 0.0402. The third-order valence-corrected chi connectivity index (χ3v) is 13.5. The van der Waals surface area contributed by atoms with Crippen LogP contribution in [0, 0.1) is 0 Å². The minimum atomic E-state index is -0.596. The van der Waals surface area contributed by atoms with Crippen molar-refractivity contribution < 1.29 is 9.31 Å². The van der Waals surface area contributed by atoms with E-state index < -0.39 is 23.7 Å². The molecule has 0 amide bonds. The van der Waals surface area contributed by atoms with Gasteiger partial charge >= 0.3 is 7.12 Å². The van der Waals surface area contributed by atoms with Gasteiger partial charge in [-0.3, -0.25) is 0 Å². The van der Waals surface area contributed by atoms with Crippen LogP contribution in [-0.4, -0.2) is 18.3 Å². The van der Waals surface area contributed by atoms with Crippen molar-refractivity contribution in [1.29, 1.82) is 0 Å². The second-order valence-electron chi connectivity index (χ2n) is 17.8. The Morgan fingerprint density at radius 2 is 1.09 bits per heavy atom. The van der Waals surface area contributed by atoms with Crippen LogP contribution in [0.15, 0.2) is 133 Å². The minimum Gasteiger partial charge on any atom is -0.399 e. The molecular weight excluding hydrogens is 691 g/mol. The molecule has 8 rings (SSSR count). The molecule has 0 saturated carbocycles. The Morgan fingerprint density at radius 1 is 0.526 bits per heavy atom. The quantitative estimate of drug-likeness (QED) is 0.0814. The van der Waals surface area contributed by atoms with Crippen LogP contribution in [0.3, 0.4) is 0 Å². The van der Waals surface area contributed by atoms with Gasteiger partial charge in [0.15, 0.2) is 0 Å². The highest BCUT2D eigenvalue weighted by atomic mass is 16.7. The second-order valence-corrected chi connectivity index (χ2v) is 17.8. The standard InChI is InChI=1S/C54H61BO2/c1-7-9-11-14-20-39-26-31-43(32-27-39)54(44-33-28-40(29-34-44)21-15-12-10-8-2)48-37-30-41-22-18-19-25-46(41)51(48)50(42-23-16-13-17-24-42)47-36-35-45(38-49(47)54)55-56-52(3,4)53(5,6)57-55/h13,16-19,22-38,50H,7-12,14-15,20-21H2,1-6H3. The molecule has 0 aromatic heterocycles. The van der Waals surface area contributed by atoms with Crippen LogP contribution < -0.4 is 5.46 Å². The highest BCUT2D eigenvalue weighted by Gasteiger charge is 2.53. The van der Waals surface area contributed by atoms with E-state index in [0.29, 0.717) is 0 Å². The highest BCUT2D eigenvalue weighted by molar-refractivity contribution is 6.62. The molecule has 0 N–H and O–H groups in total. The summed E-state index contributed by atoms with van der Waals surface area (Å²) in [7, 11) is -0.470. The van der Waals surface area contributed by atoms with Crippen molar-refractivity contribution in [1.82, 2.24) is 0 Å². The normalized spacial score (nSPS) is 17.7. The van der Waals surface area contributed by atoms with Gasteiger partial charge in [-0.2, -0.15) is 0 Å². The van der Waals surface area contributed by atoms with Crippen molar-refractivity contribution in [3.05, 3.63) is 184 Å². The average Bonchev–Trinajstić information content (AvgIpc) is 3.46. The summed E-state index contributed by atoms with van der Waals surface area (Å²) in [6.45, 7) is 13.2. The van der Waals surface area contributed by atoms with E-state index >= 15 is 0 Å². The predicted molar refractivity (Wildman–Crippen MR) is 241 cm³/mol. The molecule has 1 aliphatic carbocycles. The molecule has 6 aromatic carbocycles. The van der Waals surface area contributed by atoms with Crippen LogP contribution in [0.4, 0.5) is 0 Å². The molecule has 1 fully saturated rings. The molecule has 1 unspecified atom stereocenters. The first kappa shape index (κ1) is 39.4. The number of rotatable bonds is 14. The fourth-order valence-electron chi connectivity index (χ4n) is 9.65. The summed E-state index contributed by atoms with van der Waals surface area (Å²) in [6, 6.07) is 51.5. The van der Waals surface area contributed by atoms with Gasteiger partial charge in [0.2, 0.25) is 0 Å². The number of fused-ring (bicyclic) bond motifs is 4. The Hall–Kier alpha value is -4.44. The second kappa shape index (κ2) is 16.4. The van der Waals surface area contributed by atoms with Gasteiger partial charge in [-0.05, 0) is 120 Å². The maximum Gasteiger partial charge on any atom is 0.494 e. The van der Waals surface area contributed by atoms with Crippen LogP contribution in [0.1, 0.15) is 149 Å². The largest absolute Gasteiger partial charge is 0.494 e. The van der Waals surface area contributed by atoms with E-state index in [1.807, 2.05) is 0 Å². The summed E-state index contributed by atoms with van der Waals surface area (Å²) in [6.07, 6.45) is 12.3. The molecule has 1 aliphatic heterocycles. The number of hydrogen-bond donors (Lipinski definition) is 0. The maximum atomic E-state index is 6.78. The lowest BCUT2D eigenvalue weighted by Gasteiger charge is -2.46. The van der Waals surface area contributed by atoms with E-state index in [1.54, 1.807) is 0 Å². The third kappa shape index (κ3) is 7.32. The fraction of sp³-hybridized carbons (Fsp3) is 0.370. The SMILES string of the molecule is CCCCCCc1ccc(C2(c3ccc(CCCCCC)cc3)c3cc(B4OC(C)(C)C(C)(C)O4)ccc3C(c3ccccc3)c3c2ccc2ccccc32)cc1. The molecule has 57 heavy (non-hydrogen) atoms. The van der Waals surface area contributed by atoms with Crippen molar-refractivity contribution in [3.8, 4) is 0 Å². The van der Waals surface area contributed by atoms with Crippen LogP contribution in [0.2, 0.25) is 0 Å². The van der Waals surface area contributed by atoms with Gasteiger partial charge in [0, 0.05) is 5.92 Å². The van der Waals surface area contributed by atoms with E-state index in [4.69, 9.17) is 9.31 Å².